The van der Waals surface area contributed by atoms with Gasteiger partial charge in [0, 0.05) is 12.2 Å². The molecule has 0 aliphatic carbocycles. The SMILES string of the molecule is Cc1cc(C)cc(CNc2ccc(C)c(C(F)(F)F)c2)c1. The van der Waals surface area contributed by atoms with Crippen LogP contribution in [0.4, 0.5) is 18.9 Å². The molecule has 0 atom stereocenters. The molecule has 2 aromatic carbocycles. The van der Waals surface area contributed by atoms with Gasteiger partial charge in [0.25, 0.3) is 0 Å². The average Bonchev–Trinajstić information content (AvgIpc) is 2.35. The lowest BCUT2D eigenvalue weighted by Gasteiger charge is -2.14. The number of halogens is 3. The van der Waals surface area contributed by atoms with Gasteiger partial charge in [-0.15, -0.1) is 0 Å². The summed E-state index contributed by atoms with van der Waals surface area (Å²) in [5.74, 6) is 0. The molecule has 0 spiro atoms. The second-order valence-electron chi connectivity index (χ2n) is 5.38. The zero-order chi connectivity index (χ0) is 15.6. The maximum Gasteiger partial charge on any atom is 0.416 e. The van der Waals surface area contributed by atoms with Crippen molar-refractivity contribution < 1.29 is 13.2 Å². The van der Waals surface area contributed by atoms with Crippen molar-refractivity contribution in [2.45, 2.75) is 33.5 Å². The second-order valence-corrected chi connectivity index (χ2v) is 5.38. The first-order valence-electron chi connectivity index (χ1n) is 6.74. The fourth-order valence-electron chi connectivity index (χ4n) is 2.41. The van der Waals surface area contributed by atoms with E-state index in [-0.39, 0.29) is 5.56 Å². The van der Waals surface area contributed by atoms with Crippen LogP contribution in [0, 0.1) is 20.8 Å². The Morgan fingerprint density at radius 1 is 0.905 bits per heavy atom. The molecule has 0 aliphatic heterocycles. The molecule has 0 heterocycles. The zero-order valence-corrected chi connectivity index (χ0v) is 12.3. The van der Waals surface area contributed by atoms with Crippen molar-refractivity contribution in [3.05, 3.63) is 64.2 Å². The topological polar surface area (TPSA) is 12.0 Å². The van der Waals surface area contributed by atoms with Crippen LogP contribution in [0.2, 0.25) is 0 Å². The highest BCUT2D eigenvalue weighted by Gasteiger charge is 2.32. The van der Waals surface area contributed by atoms with Gasteiger partial charge in [-0.05, 0) is 44.0 Å². The highest BCUT2D eigenvalue weighted by atomic mass is 19.4. The first kappa shape index (κ1) is 15.4. The number of hydrogen-bond acceptors (Lipinski definition) is 1. The monoisotopic (exact) mass is 293 g/mol. The van der Waals surface area contributed by atoms with Crippen molar-refractivity contribution in [3.63, 3.8) is 0 Å². The van der Waals surface area contributed by atoms with Gasteiger partial charge < -0.3 is 5.32 Å². The minimum Gasteiger partial charge on any atom is -0.381 e. The number of hydrogen-bond donors (Lipinski definition) is 1. The van der Waals surface area contributed by atoms with E-state index in [1.165, 1.54) is 13.0 Å². The number of nitrogens with one attached hydrogen (secondary N) is 1. The van der Waals surface area contributed by atoms with E-state index in [2.05, 4.69) is 11.4 Å². The molecular weight excluding hydrogens is 275 g/mol. The minimum absolute atomic E-state index is 0.236. The van der Waals surface area contributed by atoms with Crippen LogP contribution in [-0.4, -0.2) is 0 Å². The molecule has 2 rings (SSSR count). The van der Waals surface area contributed by atoms with E-state index in [1.807, 2.05) is 26.0 Å². The molecule has 1 nitrogen and oxygen atoms in total. The summed E-state index contributed by atoms with van der Waals surface area (Å²) in [5.41, 5.74) is 3.47. The Kier molecular flexibility index (Phi) is 4.26. The largest absolute Gasteiger partial charge is 0.416 e. The summed E-state index contributed by atoms with van der Waals surface area (Å²) >= 11 is 0. The predicted molar refractivity (Wildman–Crippen MR) is 79.4 cm³/mol. The molecule has 0 fully saturated rings. The van der Waals surface area contributed by atoms with E-state index in [9.17, 15) is 13.2 Å². The standard InChI is InChI=1S/C17H18F3N/c1-11-6-12(2)8-14(7-11)10-21-15-5-4-13(3)16(9-15)17(18,19)20/h4-9,21H,10H2,1-3H3. The predicted octanol–water partition coefficient (Wildman–Crippen LogP) is 5.24. The zero-order valence-electron chi connectivity index (χ0n) is 12.3. The number of benzene rings is 2. The summed E-state index contributed by atoms with van der Waals surface area (Å²) in [6.45, 7) is 5.98. The molecule has 0 saturated carbocycles. The molecule has 0 radical (unpaired) electrons. The van der Waals surface area contributed by atoms with E-state index in [0.717, 1.165) is 22.8 Å². The average molecular weight is 293 g/mol. The van der Waals surface area contributed by atoms with Crippen molar-refractivity contribution in [3.8, 4) is 0 Å². The van der Waals surface area contributed by atoms with E-state index in [1.54, 1.807) is 6.07 Å². The molecular formula is C17H18F3N. The normalized spacial score (nSPS) is 11.5. The Labute approximate surface area is 122 Å². The van der Waals surface area contributed by atoms with Crippen molar-refractivity contribution in [2.75, 3.05) is 5.32 Å². The number of aryl methyl sites for hydroxylation is 3. The van der Waals surface area contributed by atoms with Crippen molar-refractivity contribution in [1.29, 1.82) is 0 Å². The van der Waals surface area contributed by atoms with Gasteiger partial charge >= 0.3 is 6.18 Å². The molecule has 0 aromatic heterocycles. The fraction of sp³-hybridized carbons (Fsp3) is 0.294. The Morgan fingerprint density at radius 3 is 2.10 bits per heavy atom. The van der Waals surface area contributed by atoms with E-state index < -0.39 is 11.7 Å². The maximum atomic E-state index is 12.9. The van der Waals surface area contributed by atoms with E-state index >= 15 is 0 Å². The van der Waals surface area contributed by atoms with Crippen LogP contribution in [0.15, 0.2) is 36.4 Å². The van der Waals surface area contributed by atoms with Gasteiger partial charge in [0.15, 0.2) is 0 Å². The highest BCUT2D eigenvalue weighted by molar-refractivity contribution is 5.50. The van der Waals surface area contributed by atoms with Crippen LogP contribution in [0.5, 0.6) is 0 Å². The molecule has 112 valence electrons. The van der Waals surface area contributed by atoms with Crippen molar-refractivity contribution >= 4 is 5.69 Å². The van der Waals surface area contributed by atoms with E-state index in [0.29, 0.717) is 12.2 Å². The summed E-state index contributed by atoms with van der Waals surface area (Å²) in [6.07, 6.45) is -4.32. The molecule has 0 unspecified atom stereocenters. The molecule has 0 amide bonds. The van der Waals surface area contributed by atoms with Gasteiger partial charge in [0.1, 0.15) is 0 Å². The molecule has 0 bridgehead atoms. The molecule has 0 aliphatic rings. The lowest BCUT2D eigenvalue weighted by Crippen LogP contribution is -2.09. The third kappa shape index (κ3) is 4.00. The summed E-state index contributed by atoms with van der Waals surface area (Å²) in [5, 5.41) is 3.06. The van der Waals surface area contributed by atoms with Crippen LogP contribution >= 0.6 is 0 Å². The maximum absolute atomic E-state index is 12.9. The van der Waals surface area contributed by atoms with Crippen LogP contribution in [-0.2, 0) is 12.7 Å². The number of alkyl halides is 3. The number of rotatable bonds is 3. The van der Waals surface area contributed by atoms with E-state index in [4.69, 9.17) is 0 Å². The lowest BCUT2D eigenvalue weighted by molar-refractivity contribution is -0.138. The lowest BCUT2D eigenvalue weighted by atomic mass is 10.1. The van der Waals surface area contributed by atoms with Crippen molar-refractivity contribution in [2.24, 2.45) is 0 Å². The molecule has 0 saturated heterocycles. The minimum atomic E-state index is -4.32. The van der Waals surface area contributed by atoms with Crippen LogP contribution in [0.1, 0.15) is 27.8 Å². The molecule has 2 aromatic rings. The Hall–Kier alpha value is -1.97. The highest BCUT2D eigenvalue weighted by Crippen LogP contribution is 2.33. The number of anilines is 1. The smallest absolute Gasteiger partial charge is 0.381 e. The van der Waals surface area contributed by atoms with Crippen LogP contribution in [0.3, 0.4) is 0 Å². The van der Waals surface area contributed by atoms with Gasteiger partial charge in [-0.3, -0.25) is 0 Å². The third-order valence-corrected chi connectivity index (χ3v) is 3.32. The summed E-state index contributed by atoms with van der Waals surface area (Å²) in [6, 6.07) is 10.5. The fourth-order valence-corrected chi connectivity index (χ4v) is 2.41. The summed E-state index contributed by atoms with van der Waals surface area (Å²) in [4.78, 5) is 0. The summed E-state index contributed by atoms with van der Waals surface area (Å²) in [7, 11) is 0. The molecule has 21 heavy (non-hydrogen) atoms. The first-order chi connectivity index (χ1) is 9.75. The molecule has 4 heteroatoms. The Balaban J connectivity index is 2.17. The Morgan fingerprint density at radius 2 is 1.52 bits per heavy atom. The molecule has 1 N–H and O–H groups in total. The second kappa shape index (κ2) is 5.80. The van der Waals surface area contributed by atoms with Crippen LogP contribution < -0.4 is 5.32 Å². The first-order valence-corrected chi connectivity index (χ1v) is 6.74. The summed E-state index contributed by atoms with van der Waals surface area (Å²) < 4.78 is 38.6. The van der Waals surface area contributed by atoms with Crippen LogP contribution in [0.25, 0.3) is 0 Å². The van der Waals surface area contributed by atoms with Gasteiger partial charge in [0.05, 0.1) is 5.56 Å². The third-order valence-electron chi connectivity index (χ3n) is 3.32. The van der Waals surface area contributed by atoms with Crippen molar-refractivity contribution in [1.82, 2.24) is 0 Å². The van der Waals surface area contributed by atoms with Gasteiger partial charge in [-0.2, -0.15) is 13.2 Å². The van der Waals surface area contributed by atoms with Gasteiger partial charge in [-0.25, -0.2) is 0 Å². The van der Waals surface area contributed by atoms with Gasteiger partial charge in [-0.1, -0.05) is 35.4 Å². The van der Waals surface area contributed by atoms with Gasteiger partial charge in [0.2, 0.25) is 0 Å². The quantitative estimate of drug-likeness (QED) is 0.815. The Bertz CT molecular complexity index is 625.